The Hall–Kier alpha value is -2.46. The Balaban J connectivity index is 1.66. The van der Waals surface area contributed by atoms with Crippen LogP contribution in [0.5, 0.6) is 17.2 Å². The first-order valence-corrected chi connectivity index (χ1v) is 7.96. The number of hydrogen-bond acceptors (Lipinski definition) is 4. The highest BCUT2D eigenvalue weighted by atomic mass is 16.7. The van der Waals surface area contributed by atoms with Crippen molar-refractivity contribution in [2.75, 3.05) is 20.3 Å². The summed E-state index contributed by atoms with van der Waals surface area (Å²) in [6.07, 6.45) is 2.40. The molecule has 0 aliphatic carbocycles. The average molecular weight is 328 g/mol. The molecule has 0 saturated carbocycles. The zero-order valence-electron chi connectivity index (χ0n) is 14.2. The van der Waals surface area contributed by atoms with Crippen LogP contribution >= 0.6 is 0 Å². The third-order valence-corrected chi connectivity index (χ3v) is 3.37. The van der Waals surface area contributed by atoms with Gasteiger partial charge in [0.15, 0.2) is 6.29 Å². The molecular weight excluding hydrogens is 304 g/mol. The minimum atomic E-state index is -0.338. The first-order chi connectivity index (χ1) is 11.7. The molecule has 0 spiro atoms. The third-order valence-electron chi connectivity index (χ3n) is 3.37. The van der Waals surface area contributed by atoms with Crippen molar-refractivity contribution in [2.45, 2.75) is 19.6 Å². The number of rotatable bonds is 10. The fourth-order valence-electron chi connectivity index (χ4n) is 2.14. The number of benzene rings is 2. The van der Waals surface area contributed by atoms with Gasteiger partial charge in [0.1, 0.15) is 23.9 Å². The van der Waals surface area contributed by atoms with Gasteiger partial charge in [-0.1, -0.05) is 18.2 Å². The van der Waals surface area contributed by atoms with E-state index in [-0.39, 0.29) is 6.29 Å². The summed E-state index contributed by atoms with van der Waals surface area (Å²) < 4.78 is 22.0. The van der Waals surface area contributed by atoms with Crippen LogP contribution < -0.4 is 14.2 Å². The molecule has 0 aliphatic heterocycles. The highest BCUT2D eigenvalue weighted by molar-refractivity contribution is 5.31. The van der Waals surface area contributed by atoms with Crippen molar-refractivity contribution in [3.63, 3.8) is 0 Å². The maximum Gasteiger partial charge on any atom is 0.197 e. The van der Waals surface area contributed by atoms with Crippen molar-refractivity contribution in [3.8, 4) is 17.2 Å². The van der Waals surface area contributed by atoms with Gasteiger partial charge in [-0.25, -0.2) is 0 Å². The Bertz CT molecular complexity index is 605. The summed E-state index contributed by atoms with van der Waals surface area (Å²) in [6.45, 7) is 6.50. The topological polar surface area (TPSA) is 36.9 Å². The Labute approximate surface area is 143 Å². The van der Waals surface area contributed by atoms with E-state index in [9.17, 15) is 0 Å². The summed E-state index contributed by atoms with van der Waals surface area (Å²) in [5.74, 6) is 2.37. The van der Waals surface area contributed by atoms with Crippen LogP contribution in [-0.2, 0) is 11.2 Å². The quantitative estimate of drug-likeness (QED) is 0.371. The minimum absolute atomic E-state index is 0.338. The van der Waals surface area contributed by atoms with Gasteiger partial charge in [-0.3, -0.25) is 0 Å². The van der Waals surface area contributed by atoms with Crippen LogP contribution in [0.4, 0.5) is 0 Å². The first kappa shape index (κ1) is 17.9. The monoisotopic (exact) mass is 328 g/mol. The van der Waals surface area contributed by atoms with Gasteiger partial charge in [-0.2, -0.15) is 0 Å². The normalized spacial score (nSPS) is 11.6. The van der Waals surface area contributed by atoms with Crippen LogP contribution in [0.1, 0.15) is 12.5 Å². The van der Waals surface area contributed by atoms with Gasteiger partial charge >= 0.3 is 0 Å². The Morgan fingerprint density at radius 2 is 1.54 bits per heavy atom. The Morgan fingerprint density at radius 3 is 2.17 bits per heavy atom. The zero-order valence-corrected chi connectivity index (χ0v) is 14.2. The van der Waals surface area contributed by atoms with Crippen LogP contribution in [0, 0.1) is 0 Å². The van der Waals surface area contributed by atoms with Crippen molar-refractivity contribution in [1.82, 2.24) is 0 Å². The van der Waals surface area contributed by atoms with E-state index < -0.39 is 0 Å². The van der Waals surface area contributed by atoms with E-state index in [4.69, 9.17) is 18.9 Å². The number of methoxy groups -OCH3 is 1. The maximum atomic E-state index is 5.71. The minimum Gasteiger partial charge on any atom is -0.497 e. The fourth-order valence-corrected chi connectivity index (χ4v) is 2.14. The van der Waals surface area contributed by atoms with E-state index in [0.29, 0.717) is 13.2 Å². The summed E-state index contributed by atoms with van der Waals surface area (Å²) >= 11 is 0. The maximum absolute atomic E-state index is 5.71. The summed E-state index contributed by atoms with van der Waals surface area (Å²) in [4.78, 5) is 0. The lowest BCUT2D eigenvalue weighted by molar-refractivity contribution is -0.0739. The molecule has 2 aromatic rings. The van der Waals surface area contributed by atoms with Crippen molar-refractivity contribution >= 4 is 0 Å². The molecule has 1 unspecified atom stereocenters. The van der Waals surface area contributed by atoms with Crippen molar-refractivity contribution in [2.24, 2.45) is 0 Å². The van der Waals surface area contributed by atoms with Crippen LogP contribution in [0.25, 0.3) is 0 Å². The number of allylic oxidation sites excluding steroid dienone is 1. The smallest absolute Gasteiger partial charge is 0.197 e. The molecule has 1 atom stereocenters. The van der Waals surface area contributed by atoms with E-state index in [0.717, 1.165) is 23.7 Å². The highest BCUT2D eigenvalue weighted by Crippen LogP contribution is 2.17. The molecule has 2 rings (SSSR count). The second-order valence-corrected chi connectivity index (χ2v) is 5.22. The van der Waals surface area contributed by atoms with Gasteiger partial charge in [0.2, 0.25) is 0 Å². The molecule has 0 fully saturated rings. The Kier molecular flexibility index (Phi) is 7.18. The molecule has 4 heteroatoms. The van der Waals surface area contributed by atoms with Crippen LogP contribution in [0.3, 0.4) is 0 Å². The lowest BCUT2D eigenvalue weighted by atomic mass is 10.1. The molecule has 0 N–H and O–H groups in total. The lowest BCUT2D eigenvalue weighted by Crippen LogP contribution is -2.19. The molecular formula is C20H24O4. The van der Waals surface area contributed by atoms with E-state index in [1.54, 1.807) is 7.11 Å². The first-order valence-electron chi connectivity index (χ1n) is 7.96. The van der Waals surface area contributed by atoms with Crippen molar-refractivity contribution in [3.05, 3.63) is 66.7 Å². The molecule has 0 aromatic heterocycles. The van der Waals surface area contributed by atoms with Gasteiger partial charge in [-0.15, -0.1) is 6.58 Å². The third kappa shape index (κ3) is 5.97. The summed E-state index contributed by atoms with van der Waals surface area (Å²) in [7, 11) is 1.64. The van der Waals surface area contributed by atoms with Gasteiger partial charge in [0, 0.05) is 0 Å². The van der Waals surface area contributed by atoms with Gasteiger partial charge in [-0.05, 0) is 55.3 Å². The summed E-state index contributed by atoms with van der Waals surface area (Å²) in [6, 6.07) is 15.4. The molecule has 24 heavy (non-hydrogen) atoms. The van der Waals surface area contributed by atoms with Crippen LogP contribution in [-0.4, -0.2) is 26.6 Å². The fraction of sp³-hybridized carbons (Fsp3) is 0.300. The molecule has 0 saturated heterocycles. The van der Waals surface area contributed by atoms with Gasteiger partial charge in [0.05, 0.1) is 13.7 Å². The predicted octanol–water partition coefficient (Wildman–Crippen LogP) is 4.24. The molecule has 0 aliphatic rings. The summed E-state index contributed by atoms with van der Waals surface area (Å²) in [5, 5.41) is 0. The predicted molar refractivity (Wildman–Crippen MR) is 94.9 cm³/mol. The highest BCUT2D eigenvalue weighted by Gasteiger charge is 2.04. The molecule has 0 heterocycles. The molecule has 0 amide bonds. The molecule has 2 aromatic carbocycles. The average Bonchev–Trinajstić information content (AvgIpc) is 2.61. The van der Waals surface area contributed by atoms with E-state index in [1.165, 1.54) is 5.56 Å². The van der Waals surface area contributed by atoms with Gasteiger partial charge < -0.3 is 18.9 Å². The molecule has 0 radical (unpaired) electrons. The van der Waals surface area contributed by atoms with Gasteiger partial charge in [0.25, 0.3) is 0 Å². The molecule has 4 nitrogen and oxygen atoms in total. The molecule has 0 bridgehead atoms. The van der Waals surface area contributed by atoms with Crippen molar-refractivity contribution < 1.29 is 18.9 Å². The van der Waals surface area contributed by atoms with Crippen molar-refractivity contribution in [1.29, 1.82) is 0 Å². The number of hydrogen-bond donors (Lipinski definition) is 0. The largest absolute Gasteiger partial charge is 0.497 e. The summed E-state index contributed by atoms with van der Waals surface area (Å²) in [5.41, 5.74) is 1.21. The lowest BCUT2D eigenvalue weighted by Gasteiger charge is -2.16. The second kappa shape index (κ2) is 9.63. The van der Waals surface area contributed by atoms with Crippen LogP contribution in [0.15, 0.2) is 61.2 Å². The standard InChI is InChI=1S/C20H24O4/c1-4-5-17-6-8-20(9-7-17)24-16(2)22-14-15-23-19-12-10-18(21-3)11-13-19/h4,6-13,16H,1,5,14-15H2,2-3H3. The molecule has 128 valence electrons. The van der Waals surface area contributed by atoms with E-state index in [2.05, 4.69) is 6.58 Å². The Morgan fingerprint density at radius 1 is 0.917 bits per heavy atom. The SMILES string of the molecule is C=CCc1ccc(OC(C)OCCOc2ccc(OC)cc2)cc1. The van der Waals surface area contributed by atoms with E-state index >= 15 is 0 Å². The van der Waals surface area contributed by atoms with Crippen LogP contribution in [0.2, 0.25) is 0 Å². The number of ether oxygens (including phenoxy) is 4. The van der Waals surface area contributed by atoms with E-state index in [1.807, 2.05) is 61.5 Å². The zero-order chi connectivity index (χ0) is 17.2. The second-order valence-electron chi connectivity index (χ2n) is 5.22.